The van der Waals surface area contributed by atoms with Crippen molar-refractivity contribution in [3.8, 4) is 5.75 Å². The molecule has 2 N–H and O–H groups in total. The summed E-state index contributed by atoms with van der Waals surface area (Å²) < 4.78 is 0. The van der Waals surface area contributed by atoms with E-state index in [4.69, 9.17) is 5.11 Å². The van der Waals surface area contributed by atoms with E-state index < -0.39 is 0 Å². The molecule has 1 unspecified atom stereocenters. The maximum Gasteiger partial charge on any atom is 0.256 e. The summed E-state index contributed by atoms with van der Waals surface area (Å²) in [5.41, 5.74) is 3.68. The molecule has 22 heavy (non-hydrogen) atoms. The SMILES string of the molecule is Cc1cc(C2(C3=CC(C)C(=O)C=C3)CCCCC2)ccc1[OH2+]. The molecule has 1 atom stereocenters. The first-order valence-electron chi connectivity index (χ1n) is 8.30. The lowest BCUT2D eigenvalue weighted by Gasteiger charge is -2.40. The van der Waals surface area contributed by atoms with Crippen LogP contribution in [0.3, 0.4) is 0 Å². The predicted molar refractivity (Wildman–Crippen MR) is 90.4 cm³/mol. The number of hydrogen-bond donors (Lipinski definition) is 0. The van der Waals surface area contributed by atoms with Crippen LogP contribution >= 0.6 is 0 Å². The van der Waals surface area contributed by atoms with Gasteiger partial charge in [-0.1, -0.05) is 38.3 Å². The number of hydrogen-bond acceptors (Lipinski definition) is 1. The molecule has 2 aliphatic carbocycles. The second-order valence-corrected chi connectivity index (χ2v) is 6.82. The number of carbonyl (C=O) groups is 1. The Balaban J connectivity index is 2.09. The number of ketones is 1. The van der Waals surface area contributed by atoms with E-state index in [0.29, 0.717) is 5.75 Å². The summed E-state index contributed by atoms with van der Waals surface area (Å²) in [4.78, 5) is 11.8. The van der Waals surface area contributed by atoms with Crippen molar-refractivity contribution in [1.29, 1.82) is 0 Å². The van der Waals surface area contributed by atoms with Gasteiger partial charge in [0.15, 0.2) is 5.78 Å². The highest BCUT2D eigenvalue weighted by Crippen LogP contribution is 2.47. The summed E-state index contributed by atoms with van der Waals surface area (Å²) >= 11 is 0. The Morgan fingerprint density at radius 1 is 1.14 bits per heavy atom. The van der Waals surface area contributed by atoms with Crippen molar-refractivity contribution in [2.45, 2.75) is 51.4 Å². The van der Waals surface area contributed by atoms with Crippen molar-refractivity contribution in [2.75, 3.05) is 0 Å². The maximum absolute atomic E-state index is 11.8. The van der Waals surface area contributed by atoms with E-state index in [1.54, 1.807) is 6.08 Å². The van der Waals surface area contributed by atoms with E-state index in [-0.39, 0.29) is 17.1 Å². The van der Waals surface area contributed by atoms with Gasteiger partial charge in [0.2, 0.25) is 0 Å². The first-order chi connectivity index (χ1) is 10.5. The van der Waals surface area contributed by atoms with Crippen molar-refractivity contribution < 1.29 is 9.90 Å². The zero-order valence-corrected chi connectivity index (χ0v) is 13.5. The second kappa shape index (κ2) is 5.75. The number of rotatable bonds is 2. The fourth-order valence-electron chi connectivity index (χ4n) is 3.91. The Bertz CT molecular complexity index is 646. The van der Waals surface area contributed by atoms with Crippen LogP contribution in [0.25, 0.3) is 0 Å². The third-order valence-corrected chi connectivity index (χ3v) is 5.34. The van der Waals surface area contributed by atoms with Crippen LogP contribution in [0.4, 0.5) is 0 Å². The van der Waals surface area contributed by atoms with Crippen LogP contribution in [-0.4, -0.2) is 10.9 Å². The highest BCUT2D eigenvalue weighted by Gasteiger charge is 2.38. The molecule has 2 aliphatic rings. The third-order valence-electron chi connectivity index (χ3n) is 5.34. The lowest BCUT2D eigenvalue weighted by Crippen LogP contribution is -2.32. The van der Waals surface area contributed by atoms with Gasteiger partial charge < -0.3 is 5.11 Å². The minimum atomic E-state index is -0.0182. The second-order valence-electron chi connectivity index (χ2n) is 6.82. The number of allylic oxidation sites excluding steroid dienone is 4. The van der Waals surface area contributed by atoms with Crippen molar-refractivity contribution >= 4 is 5.78 Å². The van der Waals surface area contributed by atoms with Gasteiger partial charge in [-0.25, -0.2) is 0 Å². The van der Waals surface area contributed by atoms with Crippen LogP contribution in [0, 0.1) is 12.8 Å². The molecular weight excluding hydrogens is 272 g/mol. The monoisotopic (exact) mass is 297 g/mol. The lowest BCUT2D eigenvalue weighted by molar-refractivity contribution is -0.116. The number of benzene rings is 1. The van der Waals surface area contributed by atoms with E-state index in [1.807, 2.05) is 26.0 Å². The van der Waals surface area contributed by atoms with E-state index in [9.17, 15) is 4.79 Å². The molecule has 1 fully saturated rings. The van der Waals surface area contributed by atoms with Gasteiger partial charge in [0.05, 0.1) is 0 Å². The van der Waals surface area contributed by atoms with Crippen LogP contribution in [0.15, 0.2) is 42.0 Å². The van der Waals surface area contributed by atoms with E-state index in [1.165, 1.54) is 30.4 Å². The van der Waals surface area contributed by atoms with Crippen LogP contribution < -0.4 is 0 Å². The van der Waals surface area contributed by atoms with Gasteiger partial charge in [-0.15, -0.1) is 0 Å². The maximum atomic E-state index is 11.8. The molecular formula is C20H25O2+. The molecule has 1 saturated carbocycles. The summed E-state index contributed by atoms with van der Waals surface area (Å²) in [6, 6.07) is 6.22. The summed E-state index contributed by atoms with van der Waals surface area (Å²) in [7, 11) is 0. The first kappa shape index (κ1) is 15.1. The molecule has 0 spiro atoms. The fourth-order valence-corrected chi connectivity index (χ4v) is 3.91. The largest absolute Gasteiger partial charge is 0.593 e. The molecule has 0 saturated heterocycles. The summed E-state index contributed by atoms with van der Waals surface area (Å²) in [6.07, 6.45) is 12.0. The third kappa shape index (κ3) is 2.51. The topological polar surface area (TPSA) is 40.0 Å². The van der Waals surface area contributed by atoms with Gasteiger partial charge >= 0.3 is 0 Å². The lowest BCUT2D eigenvalue weighted by atomic mass is 9.63. The molecule has 0 aliphatic heterocycles. The van der Waals surface area contributed by atoms with E-state index in [0.717, 1.165) is 18.4 Å². The zero-order valence-electron chi connectivity index (χ0n) is 13.5. The smallest absolute Gasteiger partial charge is 0.256 e. The highest BCUT2D eigenvalue weighted by molar-refractivity contribution is 5.94. The van der Waals surface area contributed by atoms with Gasteiger partial charge in [-0.3, -0.25) is 4.79 Å². The molecule has 0 aromatic heterocycles. The quantitative estimate of drug-likeness (QED) is 0.749. The van der Waals surface area contributed by atoms with Crippen molar-refractivity contribution in [3.63, 3.8) is 0 Å². The molecule has 0 amide bonds. The molecule has 1 aromatic rings. The minimum absolute atomic E-state index is 0.0182. The van der Waals surface area contributed by atoms with Crippen LogP contribution in [0.5, 0.6) is 5.75 Å². The highest BCUT2D eigenvalue weighted by atomic mass is 16.3. The zero-order chi connectivity index (χ0) is 15.7. The van der Waals surface area contributed by atoms with Crippen molar-refractivity contribution in [3.05, 3.63) is 53.1 Å². The Labute approximate surface area is 132 Å². The summed E-state index contributed by atoms with van der Waals surface area (Å²) in [5.74, 6) is 0.786. The first-order valence-corrected chi connectivity index (χ1v) is 8.30. The van der Waals surface area contributed by atoms with Crippen LogP contribution in [0.1, 0.15) is 50.2 Å². The molecule has 0 radical (unpaired) electrons. The average Bonchev–Trinajstić information content (AvgIpc) is 2.53. The average molecular weight is 297 g/mol. The van der Waals surface area contributed by atoms with Gasteiger partial charge in [-0.2, -0.15) is 0 Å². The molecule has 0 heterocycles. The van der Waals surface area contributed by atoms with Crippen LogP contribution in [0.2, 0.25) is 0 Å². The summed E-state index contributed by atoms with van der Waals surface area (Å²) in [5, 5.41) is 7.92. The standard InChI is InChI=1S/C20H24O2/c1-14-12-16(6-8-18(14)21)20(10-4-3-5-11-20)17-7-9-19(22)15(2)13-17/h6-9,12-14,22H,3-5,10-11H2,1-2H3/p+1. The summed E-state index contributed by atoms with van der Waals surface area (Å²) in [6.45, 7) is 4.00. The predicted octanol–water partition coefficient (Wildman–Crippen LogP) is 4.34. The molecule has 2 nitrogen and oxygen atoms in total. The van der Waals surface area contributed by atoms with Crippen molar-refractivity contribution in [2.24, 2.45) is 5.92 Å². The Hall–Kier alpha value is -1.83. The molecule has 1 aromatic carbocycles. The van der Waals surface area contributed by atoms with Crippen molar-refractivity contribution in [1.82, 2.24) is 0 Å². The van der Waals surface area contributed by atoms with Crippen LogP contribution in [-0.2, 0) is 10.2 Å². The van der Waals surface area contributed by atoms with Gasteiger partial charge in [-0.05, 0) is 49.1 Å². The molecule has 2 heteroatoms. The van der Waals surface area contributed by atoms with Gasteiger partial charge in [0, 0.05) is 23.0 Å². The molecule has 3 rings (SSSR count). The van der Waals surface area contributed by atoms with Gasteiger partial charge in [0.25, 0.3) is 5.75 Å². The Morgan fingerprint density at radius 2 is 1.86 bits per heavy atom. The van der Waals surface area contributed by atoms with Gasteiger partial charge in [0.1, 0.15) is 0 Å². The Kier molecular flexibility index (Phi) is 3.94. The minimum Gasteiger partial charge on any atom is -0.593 e. The normalized spacial score (nSPS) is 24.2. The Morgan fingerprint density at radius 3 is 2.50 bits per heavy atom. The fraction of sp³-hybridized carbons (Fsp3) is 0.450. The van der Waals surface area contributed by atoms with E-state index >= 15 is 0 Å². The molecule has 116 valence electrons. The molecule has 0 bridgehead atoms. The number of aryl methyl sites for hydroxylation is 1. The number of carbonyl (C=O) groups excluding carboxylic acids is 1. The van der Waals surface area contributed by atoms with E-state index in [2.05, 4.69) is 18.2 Å².